The van der Waals surface area contributed by atoms with E-state index in [9.17, 15) is 26.0 Å². The lowest BCUT2D eigenvalue weighted by Gasteiger charge is -2.30. The van der Waals surface area contributed by atoms with E-state index in [1.807, 2.05) is 0 Å². The van der Waals surface area contributed by atoms with E-state index in [1.165, 1.54) is 35.6 Å². The van der Waals surface area contributed by atoms with Gasteiger partial charge in [-0.2, -0.15) is 4.31 Å². The molecule has 1 saturated heterocycles. The fraction of sp³-hybridized carbons (Fsp3) is 0.350. The van der Waals surface area contributed by atoms with Crippen LogP contribution in [0.5, 0.6) is 0 Å². The number of piperidine rings is 1. The van der Waals surface area contributed by atoms with E-state index >= 15 is 0 Å². The minimum Gasteiger partial charge on any atom is -0.326 e. The number of carbonyl (C=O) groups excluding carboxylic acids is 1. The molecule has 1 aliphatic rings. The summed E-state index contributed by atoms with van der Waals surface area (Å²) in [5.41, 5.74) is 1.10. The predicted octanol–water partition coefficient (Wildman–Crippen LogP) is 2.08. The molecule has 2 aromatic carbocycles. The second-order valence-electron chi connectivity index (χ2n) is 7.31. The second-order valence-corrected chi connectivity index (χ2v) is 11.1. The summed E-state index contributed by atoms with van der Waals surface area (Å²) >= 11 is 0. The standard InChI is InChI=1S/C20H24FN3O5S2/c1-14-3-6-18(30(26,27)22-2)13-19(14)23-20(25)15-9-11-24(12-10-15)31(28,29)17-7-4-16(21)5-8-17/h3-8,13,15,22H,9-12H2,1-2H3,(H,23,25). The number of rotatable bonds is 6. The van der Waals surface area contributed by atoms with Gasteiger partial charge in [0.15, 0.2) is 0 Å². The van der Waals surface area contributed by atoms with Gasteiger partial charge in [-0.1, -0.05) is 6.07 Å². The Morgan fingerprint density at radius 1 is 1.00 bits per heavy atom. The van der Waals surface area contributed by atoms with Crippen LogP contribution >= 0.6 is 0 Å². The lowest BCUT2D eigenvalue weighted by Crippen LogP contribution is -2.41. The van der Waals surface area contributed by atoms with Crippen molar-refractivity contribution in [2.45, 2.75) is 29.6 Å². The quantitative estimate of drug-likeness (QED) is 0.673. The van der Waals surface area contributed by atoms with E-state index < -0.39 is 31.8 Å². The maximum Gasteiger partial charge on any atom is 0.243 e. The van der Waals surface area contributed by atoms with Crippen molar-refractivity contribution < 1.29 is 26.0 Å². The summed E-state index contributed by atoms with van der Waals surface area (Å²) in [4.78, 5) is 12.8. The van der Waals surface area contributed by atoms with Gasteiger partial charge in [0.05, 0.1) is 9.79 Å². The van der Waals surface area contributed by atoms with Crippen LogP contribution in [0.15, 0.2) is 52.3 Å². The largest absolute Gasteiger partial charge is 0.326 e. The molecule has 2 N–H and O–H groups in total. The highest BCUT2D eigenvalue weighted by molar-refractivity contribution is 7.89. The van der Waals surface area contributed by atoms with Gasteiger partial charge in [-0.25, -0.2) is 25.9 Å². The molecule has 3 rings (SSSR count). The number of nitrogens with zero attached hydrogens (tertiary/aromatic N) is 1. The fourth-order valence-corrected chi connectivity index (χ4v) is 5.60. The van der Waals surface area contributed by atoms with Gasteiger partial charge in [0, 0.05) is 24.7 Å². The Kier molecular flexibility index (Phi) is 6.79. The van der Waals surface area contributed by atoms with Gasteiger partial charge in [0.2, 0.25) is 26.0 Å². The first-order valence-electron chi connectivity index (χ1n) is 9.65. The average molecular weight is 470 g/mol. The summed E-state index contributed by atoms with van der Waals surface area (Å²) in [5.74, 6) is -1.22. The molecule has 0 aromatic heterocycles. The molecule has 1 heterocycles. The number of hydrogen-bond acceptors (Lipinski definition) is 5. The molecule has 11 heteroatoms. The molecule has 1 amide bonds. The first-order valence-corrected chi connectivity index (χ1v) is 12.6. The highest BCUT2D eigenvalue weighted by atomic mass is 32.2. The Labute approximate surface area is 181 Å². The van der Waals surface area contributed by atoms with Crippen LogP contribution in [-0.4, -0.2) is 47.2 Å². The molecular formula is C20H24FN3O5S2. The lowest BCUT2D eigenvalue weighted by atomic mass is 9.97. The van der Waals surface area contributed by atoms with Gasteiger partial charge in [-0.15, -0.1) is 0 Å². The first kappa shape index (κ1) is 23.3. The zero-order valence-corrected chi connectivity index (χ0v) is 18.8. The monoisotopic (exact) mass is 469 g/mol. The zero-order valence-electron chi connectivity index (χ0n) is 17.1. The number of hydrogen-bond donors (Lipinski definition) is 2. The zero-order chi connectivity index (χ0) is 22.8. The molecule has 0 spiro atoms. The van der Waals surface area contributed by atoms with Gasteiger partial charge in [-0.3, -0.25) is 4.79 Å². The van der Waals surface area contributed by atoms with Crippen molar-refractivity contribution in [2.75, 3.05) is 25.5 Å². The Morgan fingerprint density at radius 3 is 2.16 bits per heavy atom. The highest BCUT2D eigenvalue weighted by Gasteiger charge is 2.32. The third kappa shape index (κ3) is 5.12. The van der Waals surface area contributed by atoms with Crippen LogP contribution in [0.4, 0.5) is 10.1 Å². The molecule has 2 aromatic rings. The molecule has 0 saturated carbocycles. The predicted molar refractivity (Wildman–Crippen MR) is 114 cm³/mol. The van der Waals surface area contributed by atoms with Gasteiger partial charge >= 0.3 is 0 Å². The minimum atomic E-state index is -3.76. The van der Waals surface area contributed by atoms with Crippen molar-refractivity contribution in [3.05, 3.63) is 53.8 Å². The topological polar surface area (TPSA) is 113 Å². The van der Waals surface area contributed by atoms with Gasteiger partial charge in [-0.05, 0) is 68.8 Å². The maximum atomic E-state index is 13.1. The normalized spacial score (nSPS) is 16.2. The molecule has 0 unspecified atom stereocenters. The maximum absolute atomic E-state index is 13.1. The number of halogens is 1. The third-order valence-electron chi connectivity index (χ3n) is 5.32. The van der Waals surface area contributed by atoms with Crippen LogP contribution < -0.4 is 10.0 Å². The minimum absolute atomic E-state index is 0.00924. The van der Waals surface area contributed by atoms with E-state index in [2.05, 4.69) is 10.0 Å². The van der Waals surface area contributed by atoms with Crippen molar-refractivity contribution in [1.29, 1.82) is 0 Å². The third-order valence-corrected chi connectivity index (χ3v) is 8.65. The van der Waals surface area contributed by atoms with Crippen molar-refractivity contribution in [2.24, 2.45) is 5.92 Å². The highest BCUT2D eigenvalue weighted by Crippen LogP contribution is 2.26. The molecular weight excluding hydrogens is 445 g/mol. The van der Waals surface area contributed by atoms with Crippen molar-refractivity contribution in [3.8, 4) is 0 Å². The molecule has 1 aliphatic heterocycles. The molecule has 0 radical (unpaired) electrons. The summed E-state index contributed by atoms with van der Waals surface area (Å²) in [6.07, 6.45) is 0.639. The van der Waals surface area contributed by atoms with Crippen LogP contribution in [0, 0.1) is 18.7 Å². The number of amides is 1. The van der Waals surface area contributed by atoms with Crippen molar-refractivity contribution in [3.63, 3.8) is 0 Å². The number of nitrogens with one attached hydrogen (secondary N) is 2. The Bertz CT molecular complexity index is 1170. The average Bonchev–Trinajstić information content (AvgIpc) is 2.75. The first-order chi connectivity index (χ1) is 14.5. The molecule has 1 fully saturated rings. The van der Waals surface area contributed by atoms with E-state index in [0.29, 0.717) is 24.1 Å². The summed E-state index contributed by atoms with van der Waals surface area (Å²) in [6.45, 7) is 2.07. The van der Waals surface area contributed by atoms with Crippen LogP contribution in [0.25, 0.3) is 0 Å². The van der Waals surface area contributed by atoms with Crippen molar-refractivity contribution >= 4 is 31.6 Å². The van der Waals surface area contributed by atoms with Crippen LogP contribution in [0.1, 0.15) is 18.4 Å². The summed E-state index contributed by atoms with van der Waals surface area (Å²) < 4.78 is 66.0. The fourth-order valence-electron chi connectivity index (χ4n) is 3.37. The molecule has 168 valence electrons. The number of anilines is 1. The summed E-state index contributed by atoms with van der Waals surface area (Å²) in [6, 6.07) is 9.09. The Hall–Kier alpha value is -2.34. The van der Waals surface area contributed by atoms with Crippen LogP contribution in [0.2, 0.25) is 0 Å². The summed E-state index contributed by atoms with van der Waals surface area (Å²) in [7, 11) is -6.10. The van der Waals surface area contributed by atoms with Gasteiger partial charge in [0.25, 0.3) is 0 Å². The smallest absolute Gasteiger partial charge is 0.243 e. The van der Waals surface area contributed by atoms with Crippen LogP contribution in [-0.2, 0) is 24.8 Å². The van der Waals surface area contributed by atoms with E-state index in [4.69, 9.17) is 0 Å². The SMILES string of the molecule is CNS(=O)(=O)c1ccc(C)c(NC(=O)C2CCN(S(=O)(=O)c3ccc(F)cc3)CC2)c1. The molecule has 0 atom stereocenters. The molecule has 31 heavy (non-hydrogen) atoms. The van der Waals surface area contributed by atoms with Gasteiger partial charge < -0.3 is 5.32 Å². The second kappa shape index (κ2) is 9.03. The number of carbonyl (C=O) groups is 1. The number of aryl methyl sites for hydroxylation is 1. The molecule has 8 nitrogen and oxygen atoms in total. The molecule has 0 aliphatic carbocycles. The number of sulfonamides is 2. The van der Waals surface area contributed by atoms with E-state index in [1.54, 1.807) is 13.0 Å². The Balaban J connectivity index is 1.67. The van der Waals surface area contributed by atoms with Crippen LogP contribution in [0.3, 0.4) is 0 Å². The molecule has 0 bridgehead atoms. The number of benzene rings is 2. The Morgan fingerprint density at radius 2 is 1.58 bits per heavy atom. The van der Waals surface area contributed by atoms with E-state index in [0.717, 1.165) is 12.1 Å². The van der Waals surface area contributed by atoms with E-state index in [-0.39, 0.29) is 28.8 Å². The van der Waals surface area contributed by atoms with Crippen molar-refractivity contribution in [1.82, 2.24) is 9.03 Å². The lowest BCUT2D eigenvalue weighted by molar-refractivity contribution is -0.120. The van der Waals surface area contributed by atoms with Gasteiger partial charge in [0.1, 0.15) is 5.82 Å². The summed E-state index contributed by atoms with van der Waals surface area (Å²) in [5, 5.41) is 2.77.